The van der Waals surface area contributed by atoms with Gasteiger partial charge in [-0.1, -0.05) is 17.7 Å². The van der Waals surface area contributed by atoms with E-state index in [0.717, 1.165) is 5.56 Å². The van der Waals surface area contributed by atoms with Crippen molar-refractivity contribution in [3.63, 3.8) is 0 Å². The summed E-state index contributed by atoms with van der Waals surface area (Å²) in [4.78, 5) is 11.3. The van der Waals surface area contributed by atoms with Crippen molar-refractivity contribution in [2.24, 2.45) is 0 Å². The molecule has 0 spiro atoms. The first-order chi connectivity index (χ1) is 8.13. The Bertz CT molecular complexity index is 388. The van der Waals surface area contributed by atoms with Gasteiger partial charge in [-0.15, -0.1) is 12.4 Å². The van der Waals surface area contributed by atoms with E-state index in [-0.39, 0.29) is 24.1 Å². The van der Waals surface area contributed by atoms with Crippen LogP contribution in [0, 0.1) is 5.82 Å². The lowest BCUT2D eigenvalue weighted by atomic mass is 10.1. The van der Waals surface area contributed by atoms with Gasteiger partial charge in [-0.25, -0.2) is 4.39 Å². The smallest absolute Gasteiger partial charge is 0.221 e. The van der Waals surface area contributed by atoms with Crippen LogP contribution in [0.2, 0.25) is 5.02 Å². The Labute approximate surface area is 118 Å². The van der Waals surface area contributed by atoms with Gasteiger partial charge in [0.25, 0.3) is 0 Å². The fraction of sp³-hybridized carbons (Fsp3) is 0.417. The highest BCUT2D eigenvalue weighted by Crippen LogP contribution is 2.17. The van der Waals surface area contributed by atoms with Crippen LogP contribution in [0.1, 0.15) is 12.0 Å². The van der Waals surface area contributed by atoms with Crippen molar-refractivity contribution in [1.29, 1.82) is 0 Å². The van der Waals surface area contributed by atoms with Crippen molar-refractivity contribution >= 4 is 29.9 Å². The third-order valence-electron chi connectivity index (χ3n) is 2.33. The van der Waals surface area contributed by atoms with Gasteiger partial charge in [-0.2, -0.15) is 0 Å². The topological polar surface area (TPSA) is 41.1 Å². The molecule has 1 amide bonds. The van der Waals surface area contributed by atoms with Crippen LogP contribution in [0.4, 0.5) is 4.39 Å². The zero-order chi connectivity index (χ0) is 12.7. The monoisotopic (exact) mass is 294 g/mol. The van der Waals surface area contributed by atoms with Crippen molar-refractivity contribution < 1.29 is 9.18 Å². The minimum Gasteiger partial charge on any atom is -0.356 e. The van der Waals surface area contributed by atoms with Crippen LogP contribution < -0.4 is 10.6 Å². The molecular formula is C12H17Cl2FN2O. The highest BCUT2D eigenvalue weighted by molar-refractivity contribution is 6.31. The summed E-state index contributed by atoms with van der Waals surface area (Å²) in [6.07, 6.45) is 1.05. The highest BCUT2D eigenvalue weighted by atomic mass is 35.5. The summed E-state index contributed by atoms with van der Waals surface area (Å²) in [6, 6.07) is 4.28. The maximum atomic E-state index is 12.8. The van der Waals surface area contributed by atoms with E-state index in [2.05, 4.69) is 10.6 Å². The molecule has 102 valence electrons. The number of nitrogens with one attached hydrogen (secondary N) is 2. The lowest BCUT2D eigenvalue weighted by Crippen LogP contribution is -2.28. The second kappa shape index (κ2) is 9.14. The summed E-state index contributed by atoms with van der Waals surface area (Å²) in [6.45, 7) is 1.16. The standard InChI is InChI=1S/C12H16ClFN2O.ClH/c1-15-6-5-12(17)16-7-4-9-2-3-10(14)8-11(9)13;/h2-3,8,15H,4-7H2,1H3,(H,16,17);1H. The minimum atomic E-state index is -0.350. The van der Waals surface area contributed by atoms with E-state index in [0.29, 0.717) is 31.0 Å². The van der Waals surface area contributed by atoms with Crippen LogP contribution in [-0.2, 0) is 11.2 Å². The molecule has 0 aliphatic heterocycles. The van der Waals surface area contributed by atoms with Gasteiger partial charge in [-0.05, 0) is 31.2 Å². The number of hydrogen-bond donors (Lipinski definition) is 2. The predicted octanol–water partition coefficient (Wildman–Crippen LogP) is 2.17. The fourth-order valence-corrected chi connectivity index (χ4v) is 1.65. The van der Waals surface area contributed by atoms with Crippen LogP contribution in [0.3, 0.4) is 0 Å². The molecular weight excluding hydrogens is 278 g/mol. The lowest BCUT2D eigenvalue weighted by Gasteiger charge is -2.06. The molecule has 0 aliphatic rings. The largest absolute Gasteiger partial charge is 0.356 e. The molecule has 1 aromatic carbocycles. The van der Waals surface area contributed by atoms with Gasteiger partial charge in [0, 0.05) is 24.5 Å². The van der Waals surface area contributed by atoms with Gasteiger partial charge in [0.05, 0.1) is 0 Å². The van der Waals surface area contributed by atoms with Gasteiger partial charge in [-0.3, -0.25) is 4.79 Å². The Morgan fingerprint density at radius 2 is 2.11 bits per heavy atom. The van der Waals surface area contributed by atoms with Crippen molar-refractivity contribution in [2.45, 2.75) is 12.8 Å². The molecule has 0 unspecified atom stereocenters. The molecule has 1 rings (SSSR count). The average molecular weight is 295 g/mol. The summed E-state index contributed by atoms with van der Waals surface area (Å²) in [5, 5.41) is 6.07. The van der Waals surface area contributed by atoms with Gasteiger partial charge in [0.1, 0.15) is 5.82 Å². The van der Waals surface area contributed by atoms with Crippen LogP contribution in [0.25, 0.3) is 0 Å². The molecule has 1 aromatic rings. The first-order valence-electron chi connectivity index (χ1n) is 5.48. The second-order valence-electron chi connectivity index (χ2n) is 3.69. The lowest BCUT2D eigenvalue weighted by molar-refractivity contribution is -0.120. The van der Waals surface area contributed by atoms with Crippen LogP contribution in [0.15, 0.2) is 18.2 Å². The van der Waals surface area contributed by atoms with E-state index in [1.165, 1.54) is 12.1 Å². The average Bonchev–Trinajstić information content (AvgIpc) is 2.29. The number of amides is 1. The summed E-state index contributed by atoms with van der Waals surface area (Å²) in [5.41, 5.74) is 0.835. The summed E-state index contributed by atoms with van der Waals surface area (Å²) in [7, 11) is 1.80. The number of carbonyl (C=O) groups excluding carboxylic acids is 1. The molecule has 0 aliphatic carbocycles. The Morgan fingerprint density at radius 3 is 2.72 bits per heavy atom. The van der Waals surface area contributed by atoms with E-state index < -0.39 is 0 Å². The Balaban J connectivity index is 0.00000289. The molecule has 0 heterocycles. The van der Waals surface area contributed by atoms with E-state index in [1.807, 2.05) is 0 Å². The quantitative estimate of drug-likeness (QED) is 0.844. The van der Waals surface area contributed by atoms with Crippen molar-refractivity contribution in [1.82, 2.24) is 10.6 Å². The Kier molecular flexibility index (Phi) is 8.71. The zero-order valence-electron chi connectivity index (χ0n) is 10.1. The fourth-order valence-electron chi connectivity index (χ4n) is 1.39. The summed E-state index contributed by atoms with van der Waals surface area (Å²) < 4.78 is 12.8. The molecule has 0 fully saturated rings. The maximum absolute atomic E-state index is 12.8. The third kappa shape index (κ3) is 6.19. The molecule has 0 radical (unpaired) electrons. The maximum Gasteiger partial charge on any atom is 0.221 e. The van der Waals surface area contributed by atoms with Gasteiger partial charge >= 0.3 is 0 Å². The molecule has 0 saturated carbocycles. The van der Waals surface area contributed by atoms with Crippen LogP contribution in [0.5, 0.6) is 0 Å². The van der Waals surface area contributed by atoms with Gasteiger partial charge in [0.15, 0.2) is 0 Å². The molecule has 18 heavy (non-hydrogen) atoms. The summed E-state index contributed by atoms with van der Waals surface area (Å²) >= 11 is 5.87. The van der Waals surface area contributed by atoms with Crippen LogP contribution >= 0.6 is 24.0 Å². The molecule has 2 N–H and O–H groups in total. The van der Waals surface area contributed by atoms with E-state index in [4.69, 9.17) is 11.6 Å². The zero-order valence-corrected chi connectivity index (χ0v) is 11.7. The molecule has 0 atom stereocenters. The Hall–Kier alpha value is -0.840. The first kappa shape index (κ1) is 17.2. The predicted molar refractivity (Wildman–Crippen MR) is 73.9 cm³/mol. The van der Waals surface area contributed by atoms with Crippen molar-refractivity contribution in [3.8, 4) is 0 Å². The number of hydrogen-bond acceptors (Lipinski definition) is 2. The molecule has 0 saturated heterocycles. The Morgan fingerprint density at radius 1 is 1.39 bits per heavy atom. The molecule has 3 nitrogen and oxygen atoms in total. The number of halogens is 3. The second-order valence-corrected chi connectivity index (χ2v) is 4.10. The van der Waals surface area contributed by atoms with E-state index >= 15 is 0 Å². The number of rotatable bonds is 6. The van der Waals surface area contributed by atoms with Crippen molar-refractivity contribution in [3.05, 3.63) is 34.6 Å². The number of benzene rings is 1. The van der Waals surface area contributed by atoms with E-state index in [9.17, 15) is 9.18 Å². The SMILES string of the molecule is CNCCC(=O)NCCc1ccc(F)cc1Cl.Cl. The normalized spacial score (nSPS) is 9.72. The third-order valence-corrected chi connectivity index (χ3v) is 2.69. The number of carbonyl (C=O) groups is 1. The molecule has 0 bridgehead atoms. The highest BCUT2D eigenvalue weighted by Gasteiger charge is 2.03. The van der Waals surface area contributed by atoms with Crippen LogP contribution in [-0.4, -0.2) is 26.0 Å². The summed E-state index contributed by atoms with van der Waals surface area (Å²) in [5.74, 6) is -0.352. The van der Waals surface area contributed by atoms with Gasteiger partial charge < -0.3 is 10.6 Å². The van der Waals surface area contributed by atoms with Crippen molar-refractivity contribution in [2.75, 3.05) is 20.1 Å². The van der Waals surface area contributed by atoms with E-state index in [1.54, 1.807) is 13.1 Å². The molecule has 6 heteroatoms. The molecule has 0 aromatic heterocycles. The minimum absolute atomic E-state index is 0. The first-order valence-corrected chi connectivity index (χ1v) is 5.86. The van der Waals surface area contributed by atoms with Gasteiger partial charge in [0.2, 0.25) is 5.91 Å².